The van der Waals surface area contributed by atoms with Crippen LogP contribution in [0.15, 0.2) is 36.9 Å². The molecule has 0 saturated heterocycles. The fraction of sp³-hybridized carbons (Fsp3) is 0.526. The van der Waals surface area contributed by atoms with Crippen molar-refractivity contribution in [1.29, 1.82) is 0 Å². The summed E-state index contributed by atoms with van der Waals surface area (Å²) in [7, 11) is 0. The van der Waals surface area contributed by atoms with E-state index in [-0.39, 0.29) is 17.4 Å². The van der Waals surface area contributed by atoms with Gasteiger partial charge in [-0.1, -0.05) is 24.6 Å². The Hall–Kier alpha value is -2.21. The van der Waals surface area contributed by atoms with Gasteiger partial charge in [0.2, 0.25) is 0 Å². The molecule has 2 fully saturated rings. The third-order valence-corrected chi connectivity index (χ3v) is 5.80. The van der Waals surface area contributed by atoms with Crippen molar-refractivity contribution in [3.05, 3.63) is 48.0 Å². The molecule has 1 amide bonds. The standard InChI is InChI=1S/C19H24N4O2/c1-2-25-17-10-16(19(17)8-5-9-19)22-18(24)15-7-4-3-6-14(15)11-23-13-20-12-21-23/h3-4,6-7,12-13,16-17H,2,5,8-11H2,1H3,(H,22,24). The van der Waals surface area contributed by atoms with E-state index in [2.05, 4.69) is 15.4 Å². The lowest BCUT2D eigenvalue weighted by atomic mass is 9.51. The number of amides is 1. The smallest absolute Gasteiger partial charge is 0.251 e. The Kier molecular flexibility index (Phi) is 4.29. The van der Waals surface area contributed by atoms with Crippen LogP contribution in [0.5, 0.6) is 0 Å². The first-order valence-electron chi connectivity index (χ1n) is 9.06. The van der Waals surface area contributed by atoms with Crippen molar-refractivity contribution in [3.63, 3.8) is 0 Å². The quantitative estimate of drug-likeness (QED) is 0.877. The van der Waals surface area contributed by atoms with Crippen LogP contribution in [0.25, 0.3) is 0 Å². The Morgan fingerprint density at radius 3 is 2.92 bits per heavy atom. The molecule has 25 heavy (non-hydrogen) atoms. The van der Waals surface area contributed by atoms with Gasteiger partial charge in [-0.05, 0) is 37.8 Å². The van der Waals surface area contributed by atoms with E-state index in [0.29, 0.717) is 18.2 Å². The maximum absolute atomic E-state index is 12.9. The molecule has 2 aliphatic rings. The second-order valence-corrected chi connectivity index (χ2v) is 7.04. The summed E-state index contributed by atoms with van der Waals surface area (Å²) in [6.07, 6.45) is 7.94. The maximum atomic E-state index is 12.9. The molecule has 1 aromatic heterocycles. The van der Waals surface area contributed by atoms with Gasteiger partial charge in [-0.2, -0.15) is 5.10 Å². The van der Waals surface area contributed by atoms with Gasteiger partial charge in [-0.3, -0.25) is 4.79 Å². The zero-order valence-electron chi connectivity index (χ0n) is 14.5. The molecule has 1 heterocycles. The monoisotopic (exact) mass is 340 g/mol. The van der Waals surface area contributed by atoms with Crippen molar-refractivity contribution in [1.82, 2.24) is 20.1 Å². The van der Waals surface area contributed by atoms with Crippen LogP contribution in [0.2, 0.25) is 0 Å². The van der Waals surface area contributed by atoms with Crippen LogP contribution >= 0.6 is 0 Å². The van der Waals surface area contributed by atoms with E-state index in [1.807, 2.05) is 31.2 Å². The van der Waals surface area contributed by atoms with E-state index in [0.717, 1.165) is 31.4 Å². The molecule has 6 heteroatoms. The van der Waals surface area contributed by atoms with Crippen LogP contribution in [-0.4, -0.2) is 39.4 Å². The van der Waals surface area contributed by atoms with Crippen LogP contribution in [0.1, 0.15) is 48.5 Å². The highest BCUT2D eigenvalue weighted by Gasteiger charge is 2.59. The minimum absolute atomic E-state index is 0.00180. The first-order valence-corrected chi connectivity index (χ1v) is 9.06. The number of benzene rings is 1. The van der Waals surface area contributed by atoms with E-state index < -0.39 is 0 Å². The van der Waals surface area contributed by atoms with Gasteiger partial charge in [0, 0.05) is 23.6 Å². The van der Waals surface area contributed by atoms with Crippen LogP contribution in [0.4, 0.5) is 0 Å². The predicted octanol–water partition coefficient (Wildman–Crippen LogP) is 2.40. The summed E-state index contributed by atoms with van der Waals surface area (Å²) < 4.78 is 7.61. The van der Waals surface area contributed by atoms with Crippen molar-refractivity contribution in [3.8, 4) is 0 Å². The molecule has 1 N–H and O–H groups in total. The molecule has 1 aromatic carbocycles. The largest absolute Gasteiger partial charge is 0.378 e. The molecule has 2 aromatic rings. The van der Waals surface area contributed by atoms with Crippen LogP contribution in [0.3, 0.4) is 0 Å². The van der Waals surface area contributed by atoms with Gasteiger partial charge in [0.15, 0.2) is 0 Å². The third kappa shape index (κ3) is 2.84. The van der Waals surface area contributed by atoms with E-state index >= 15 is 0 Å². The molecular weight excluding hydrogens is 316 g/mol. The highest BCUT2D eigenvalue weighted by atomic mass is 16.5. The van der Waals surface area contributed by atoms with E-state index in [4.69, 9.17) is 4.74 Å². The predicted molar refractivity (Wildman–Crippen MR) is 93.1 cm³/mol. The van der Waals surface area contributed by atoms with E-state index in [1.165, 1.54) is 12.7 Å². The van der Waals surface area contributed by atoms with Gasteiger partial charge in [-0.25, -0.2) is 9.67 Å². The Morgan fingerprint density at radius 1 is 1.40 bits per heavy atom. The van der Waals surface area contributed by atoms with Gasteiger partial charge < -0.3 is 10.1 Å². The summed E-state index contributed by atoms with van der Waals surface area (Å²) in [6.45, 7) is 3.33. The van der Waals surface area contributed by atoms with Crippen molar-refractivity contribution >= 4 is 5.91 Å². The SMILES string of the molecule is CCOC1CC(NC(=O)c2ccccc2Cn2cncn2)C12CCC2. The summed E-state index contributed by atoms with van der Waals surface area (Å²) in [5.74, 6) is 0.00180. The zero-order chi connectivity index (χ0) is 17.3. The summed E-state index contributed by atoms with van der Waals surface area (Å²) in [5, 5.41) is 7.40. The fourth-order valence-electron chi connectivity index (χ4n) is 4.25. The number of aromatic nitrogens is 3. The normalized spacial score (nSPS) is 23.7. The molecule has 0 radical (unpaired) electrons. The van der Waals surface area contributed by atoms with Crippen molar-refractivity contribution in [2.75, 3.05) is 6.61 Å². The molecule has 2 aliphatic carbocycles. The molecule has 0 aliphatic heterocycles. The van der Waals surface area contributed by atoms with Crippen LogP contribution < -0.4 is 5.32 Å². The number of hydrogen-bond donors (Lipinski definition) is 1. The van der Waals surface area contributed by atoms with Gasteiger partial charge in [0.25, 0.3) is 5.91 Å². The zero-order valence-corrected chi connectivity index (χ0v) is 14.5. The summed E-state index contributed by atoms with van der Waals surface area (Å²) >= 11 is 0. The third-order valence-electron chi connectivity index (χ3n) is 5.80. The molecule has 132 valence electrons. The molecule has 2 saturated carbocycles. The summed E-state index contributed by atoms with van der Waals surface area (Å²) in [4.78, 5) is 16.9. The second-order valence-electron chi connectivity index (χ2n) is 7.04. The summed E-state index contributed by atoms with van der Waals surface area (Å²) in [6, 6.07) is 7.94. The van der Waals surface area contributed by atoms with E-state index in [9.17, 15) is 4.79 Å². The lowest BCUT2D eigenvalue weighted by Crippen LogP contribution is -2.67. The van der Waals surface area contributed by atoms with Crippen molar-refractivity contribution < 1.29 is 9.53 Å². The number of nitrogens with zero attached hydrogens (tertiary/aromatic N) is 3. The lowest BCUT2D eigenvalue weighted by molar-refractivity contribution is -0.169. The molecule has 2 atom stereocenters. The first kappa shape index (κ1) is 16.3. The second kappa shape index (κ2) is 6.59. The average molecular weight is 340 g/mol. The Bertz CT molecular complexity index is 740. The topological polar surface area (TPSA) is 69.0 Å². The molecule has 4 rings (SSSR count). The molecular formula is C19H24N4O2. The Balaban J connectivity index is 1.47. The average Bonchev–Trinajstić information content (AvgIpc) is 3.05. The highest BCUT2D eigenvalue weighted by Crippen LogP contribution is 2.57. The Morgan fingerprint density at radius 2 is 2.24 bits per heavy atom. The molecule has 1 spiro atoms. The number of carbonyl (C=O) groups is 1. The lowest BCUT2D eigenvalue weighted by Gasteiger charge is -2.61. The van der Waals surface area contributed by atoms with Gasteiger partial charge in [0.1, 0.15) is 12.7 Å². The number of nitrogens with one attached hydrogen (secondary N) is 1. The minimum Gasteiger partial charge on any atom is -0.378 e. The van der Waals surface area contributed by atoms with Gasteiger partial charge in [-0.15, -0.1) is 0 Å². The number of ether oxygens (including phenoxy) is 1. The number of rotatable bonds is 6. The van der Waals surface area contributed by atoms with Gasteiger partial charge >= 0.3 is 0 Å². The Labute approximate surface area is 147 Å². The molecule has 2 unspecified atom stereocenters. The maximum Gasteiger partial charge on any atom is 0.251 e. The molecule has 6 nitrogen and oxygen atoms in total. The van der Waals surface area contributed by atoms with Gasteiger partial charge in [0.05, 0.1) is 12.6 Å². The van der Waals surface area contributed by atoms with Crippen LogP contribution in [0, 0.1) is 5.41 Å². The van der Waals surface area contributed by atoms with Crippen molar-refractivity contribution in [2.45, 2.75) is 51.3 Å². The minimum atomic E-state index is 0.00180. The van der Waals surface area contributed by atoms with Crippen molar-refractivity contribution in [2.24, 2.45) is 5.41 Å². The first-order chi connectivity index (χ1) is 12.2. The number of hydrogen-bond acceptors (Lipinski definition) is 4. The fourth-order valence-corrected chi connectivity index (χ4v) is 4.25. The van der Waals surface area contributed by atoms with Crippen LogP contribution in [-0.2, 0) is 11.3 Å². The highest BCUT2D eigenvalue weighted by molar-refractivity contribution is 5.96. The van der Waals surface area contributed by atoms with E-state index in [1.54, 1.807) is 11.0 Å². The number of carbonyl (C=O) groups excluding carboxylic acids is 1. The summed E-state index contributed by atoms with van der Waals surface area (Å²) in [5.41, 5.74) is 1.84. The molecule has 0 bridgehead atoms.